The molecule has 0 fully saturated rings. The Morgan fingerprint density at radius 3 is 2.84 bits per heavy atom. The minimum atomic E-state index is 0.474. The Bertz CT molecular complexity index is 912. The second-order valence-corrected chi connectivity index (χ2v) is 6.60. The van der Waals surface area contributed by atoms with E-state index in [0.717, 1.165) is 36.6 Å². The molecule has 0 unspecified atom stereocenters. The fourth-order valence-electron chi connectivity index (χ4n) is 3.04. The van der Waals surface area contributed by atoms with E-state index in [1.807, 2.05) is 25.1 Å². The summed E-state index contributed by atoms with van der Waals surface area (Å²) in [5, 5.41) is 12.1. The molecule has 0 spiro atoms. The molecule has 4 rings (SSSR count). The molecule has 2 aromatic carbocycles. The molecule has 25 heavy (non-hydrogen) atoms. The van der Waals surface area contributed by atoms with Gasteiger partial charge in [-0.05, 0) is 42.2 Å². The van der Waals surface area contributed by atoms with Crippen LogP contribution >= 0.6 is 11.6 Å². The number of rotatable bonds is 3. The van der Waals surface area contributed by atoms with E-state index in [2.05, 4.69) is 49.7 Å². The van der Waals surface area contributed by atoms with Gasteiger partial charge in [0.25, 0.3) is 0 Å². The number of nitrogens with one attached hydrogen (secondary N) is 1. The molecule has 1 N–H and O–H groups in total. The fourth-order valence-corrected chi connectivity index (χ4v) is 3.21. The first-order valence-electron chi connectivity index (χ1n) is 8.24. The van der Waals surface area contributed by atoms with Crippen molar-refractivity contribution in [3.63, 3.8) is 0 Å². The number of halogens is 1. The van der Waals surface area contributed by atoms with Gasteiger partial charge in [-0.1, -0.05) is 41.9 Å². The zero-order chi connectivity index (χ0) is 17.2. The number of nitrogens with zero attached hydrogens (tertiary/aromatic N) is 4. The number of hydrogen-bond acceptors (Lipinski definition) is 5. The van der Waals surface area contributed by atoms with Gasteiger partial charge >= 0.3 is 0 Å². The molecular formula is C19H18ClN5. The van der Waals surface area contributed by atoms with Crippen molar-refractivity contribution in [1.29, 1.82) is 0 Å². The molecule has 6 heteroatoms. The molecule has 0 saturated heterocycles. The van der Waals surface area contributed by atoms with Gasteiger partial charge in [0.15, 0.2) is 5.82 Å². The van der Waals surface area contributed by atoms with E-state index in [4.69, 9.17) is 11.6 Å². The third-order valence-electron chi connectivity index (χ3n) is 4.45. The van der Waals surface area contributed by atoms with Crippen LogP contribution in [0.4, 0.5) is 17.5 Å². The van der Waals surface area contributed by atoms with E-state index in [1.165, 1.54) is 11.1 Å². The molecule has 0 amide bonds. The molecule has 0 atom stereocenters. The topological polar surface area (TPSA) is 53.9 Å². The molecule has 1 aliphatic rings. The first-order chi connectivity index (χ1) is 12.2. The lowest BCUT2D eigenvalue weighted by atomic mass is 10.0. The number of fused-ring (bicyclic) bond motifs is 1. The zero-order valence-electron chi connectivity index (χ0n) is 13.9. The first-order valence-corrected chi connectivity index (χ1v) is 8.61. The van der Waals surface area contributed by atoms with Gasteiger partial charge in [-0.3, -0.25) is 0 Å². The van der Waals surface area contributed by atoms with Gasteiger partial charge in [0, 0.05) is 23.8 Å². The quantitative estimate of drug-likeness (QED) is 0.768. The van der Waals surface area contributed by atoms with Crippen molar-refractivity contribution in [3.05, 3.63) is 70.4 Å². The third kappa shape index (κ3) is 3.42. The van der Waals surface area contributed by atoms with Crippen LogP contribution in [0.1, 0.15) is 16.7 Å². The van der Waals surface area contributed by atoms with Crippen LogP contribution in [0.15, 0.2) is 48.7 Å². The fraction of sp³-hybridized carbons (Fsp3) is 0.211. The van der Waals surface area contributed by atoms with Crippen LogP contribution in [0, 0.1) is 6.92 Å². The van der Waals surface area contributed by atoms with Gasteiger partial charge in [0.2, 0.25) is 5.95 Å². The highest BCUT2D eigenvalue weighted by Gasteiger charge is 2.18. The molecular weight excluding hydrogens is 334 g/mol. The van der Waals surface area contributed by atoms with Gasteiger partial charge in [0.1, 0.15) is 0 Å². The number of hydrogen-bond donors (Lipinski definition) is 1. The minimum Gasteiger partial charge on any atom is -0.350 e. The maximum atomic E-state index is 6.08. The highest BCUT2D eigenvalue weighted by molar-refractivity contribution is 6.30. The number of anilines is 3. The number of aromatic nitrogens is 3. The van der Waals surface area contributed by atoms with Crippen molar-refractivity contribution < 1.29 is 0 Å². The maximum Gasteiger partial charge on any atom is 0.249 e. The van der Waals surface area contributed by atoms with Crippen LogP contribution in [0.2, 0.25) is 5.02 Å². The van der Waals surface area contributed by atoms with Crippen LogP contribution in [0.3, 0.4) is 0 Å². The smallest absolute Gasteiger partial charge is 0.249 e. The summed E-state index contributed by atoms with van der Waals surface area (Å²) in [5.41, 5.74) is 4.71. The van der Waals surface area contributed by atoms with Gasteiger partial charge in [-0.25, -0.2) is 0 Å². The number of aryl methyl sites for hydroxylation is 1. The molecule has 3 aromatic rings. The molecule has 0 bridgehead atoms. The summed E-state index contributed by atoms with van der Waals surface area (Å²) in [6.07, 6.45) is 2.72. The monoisotopic (exact) mass is 351 g/mol. The van der Waals surface area contributed by atoms with Crippen molar-refractivity contribution in [2.24, 2.45) is 0 Å². The SMILES string of the molecule is Cc1ccc(Cl)cc1Nc1nncc(N2CCc3ccccc3C2)n1. The second kappa shape index (κ2) is 6.69. The van der Waals surface area contributed by atoms with Crippen molar-refractivity contribution in [2.75, 3.05) is 16.8 Å². The molecule has 5 nitrogen and oxygen atoms in total. The van der Waals surface area contributed by atoms with E-state index in [0.29, 0.717) is 11.0 Å². The van der Waals surface area contributed by atoms with Crippen LogP contribution in [0.5, 0.6) is 0 Å². The second-order valence-electron chi connectivity index (χ2n) is 6.16. The summed E-state index contributed by atoms with van der Waals surface area (Å²) in [4.78, 5) is 6.86. The molecule has 2 heterocycles. The van der Waals surface area contributed by atoms with Crippen LogP contribution < -0.4 is 10.2 Å². The highest BCUT2D eigenvalue weighted by Crippen LogP contribution is 2.25. The van der Waals surface area contributed by atoms with E-state index in [1.54, 1.807) is 6.20 Å². The van der Waals surface area contributed by atoms with E-state index in [9.17, 15) is 0 Å². The summed E-state index contributed by atoms with van der Waals surface area (Å²) < 4.78 is 0. The molecule has 1 aromatic heterocycles. The lowest BCUT2D eigenvalue weighted by Gasteiger charge is -2.29. The number of benzene rings is 2. The van der Waals surface area contributed by atoms with Crippen molar-refractivity contribution in [1.82, 2.24) is 15.2 Å². The Hall–Kier alpha value is -2.66. The van der Waals surface area contributed by atoms with Crippen molar-refractivity contribution >= 4 is 29.1 Å². The summed E-state index contributed by atoms with van der Waals surface area (Å²) >= 11 is 6.08. The largest absolute Gasteiger partial charge is 0.350 e. The Kier molecular flexibility index (Phi) is 4.24. The summed E-state index contributed by atoms with van der Waals surface area (Å²) in [7, 11) is 0. The predicted octanol–water partition coefficient (Wildman–Crippen LogP) is 4.14. The summed E-state index contributed by atoms with van der Waals surface area (Å²) in [6.45, 7) is 3.77. The summed E-state index contributed by atoms with van der Waals surface area (Å²) in [5.74, 6) is 1.30. The van der Waals surface area contributed by atoms with Crippen molar-refractivity contribution in [2.45, 2.75) is 19.9 Å². The molecule has 0 saturated carbocycles. The third-order valence-corrected chi connectivity index (χ3v) is 4.68. The highest BCUT2D eigenvalue weighted by atomic mass is 35.5. The summed E-state index contributed by atoms with van der Waals surface area (Å²) in [6, 6.07) is 14.2. The van der Waals surface area contributed by atoms with Crippen LogP contribution in [-0.2, 0) is 13.0 Å². The predicted molar refractivity (Wildman–Crippen MR) is 100 cm³/mol. The molecule has 0 aliphatic carbocycles. The lowest BCUT2D eigenvalue weighted by molar-refractivity contribution is 0.715. The zero-order valence-corrected chi connectivity index (χ0v) is 14.7. The average Bonchev–Trinajstić information content (AvgIpc) is 2.64. The Morgan fingerprint density at radius 1 is 1.12 bits per heavy atom. The normalized spacial score (nSPS) is 13.4. The van der Waals surface area contributed by atoms with Gasteiger partial charge in [-0.15, -0.1) is 5.10 Å². The van der Waals surface area contributed by atoms with Gasteiger partial charge in [0.05, 0.1) is 6.20 Å². The molecule has 1 aliphatic heterocycles. The van der Waals surface area contributed by atoms with E-state index < -0.39 is 0 Å². The van der Waals surface area contributed by atoms with E-state index >= 15 is 0 Å². The Morgan fingerprint density at radius 2 is 1.96 bits per heavy atom. The van der Waals surface area contributed by atoms with Gasteiger partial charge < -0.3 is 10.2 Å². The average molecular weight is 352 g/mol. The van der Waals surface area contributed by atoms with Crippen molar-refractivity contribution in [3.8, 4) is 0 Å². The Labute approximate surface area is 151 Å². The van der Waals surface area contributed by atoms with E-state index in [-0.39, 0.29) is 0 Å². The molecule has 126 valence electrons. The standard InChI is InChI=1S/C19H18ClN5/c1-13-6-7-16(20)10-17(13)22-19-23-18(11-21-24-19)25-9-8-14-4-2-3-5-15(14)12-25/h2-7,10-11H,8-9,12H2,1H3,(H,22,23,24). The molecule has 0 radical (unpaired) electrons. The van der Waals surface area contributed by atoms with Crippen LogP contribution in [-0.4, -0.2) is 21.7 Å². The first kappa shape index (κ1) is 15.8. The Balaban J connectivity index is 1.57. The minimum absolute atomic E-state index is 0.474. The lowest BCUT2D eigenvalue weighted by Crippen LogP contribution is -2.31. The van der Waals surface area contributed by atoms with Gasteiger partial charge in [-0.2, -0.15) is 10.1 Å². The maximum absolute atomic E-state index is 6.08. The van der Waals surface area contributed by atoms with Crippen LogP contribution in [0.25, 0.3) is 0 Å².